The fourth-order valence-corrected chi connectivity index (χ4v) is 9.94. The van der Waals surface area contributed by atoms with E-state index in [0.29, 0.717) is 5.82 Å². The van der Waals surface area contributed by atoms with E-state index < -0.39 is 5.41 Å². The van der Waals surface area contributed by atoms with Gasteiger partial charge in [-0.25, -0.2) is 15.0 Å². The van der Waals surface area contributed by atoms with Crippen molar-refractivity contribution in [2.75, 3.05) is 0 Å². The third-order valence-corrected chi connectivity index (χ3v) is 12.8. The van der Waals surface area contributed by atoms with Crippen LogP contribution in [0.1, 0.15) is 22.3 Å². The van der Waals surface area contributed by atoms with Crippen LogP contribution in [-0.2, 0) is 5.41 Å². The Bertz CT molecular complexity index is 3380. The van der Waals surface area contributed by atoms with E-state index in [0.717, 1.165) is 61.4 Å². The van der Waals surface area contributed by atoms with Crippen LogP contribution >= 0.6 is 0 Å². The van der Waals surface area contributed by atoms with Crippen LogP contribution in [0.15, 0.2) is 237 Å². The summed E-state index contributed by atoms with van der Waals surface area (Å²) in [5.41, 5.74) is 17.1. The number of para-hydroxylation sites is 1. The number of benzene rings is 9. The van der Waals surface area contributed by atoms with Crippen LogP contribution < -0.4 is 0 Å². The smallest absolute Gasteiger partial charge is 0.160 e. The highest BCUT2D eigenvalue weighted by atomic mass is 14.9. The molecule has 294 valence electrons. The van der Waals surface area contributed by atoms with Crippen LogP contribution in [0.3, 0.4) is 0 Å². The van der Waals surface area contributed by atoms with Crippen molar-refractivity contribution in [3.63, 3.8) is 0 Å². The average molecular weight is 802 g/mol. The van der Waals surface area contributed by atoms with Crippen molar-refractivity contribution in [1.29, 1.82) is 0 Å². The zero-order valence-corrected chi connectivity index (χ0v) is 34.4. The van der Waals surface area contributed by atoms with Gasteiger partial charge in [-0.15, -0.1) is 0 Å². The normalized spacial score (nSPS) is 12.6. The first-order valence-corrected chi connectivity index (χ1v) is 21.5. The summed E-state index contributed by atoms with van der Waals surface area (Å²) in [7, 11) is 0. The van der Waals surface area contributed by atoms with Crippen LogP contribution in [0.25, 0.3) is 89.1 Å². The van der Waals surface area contributed by atoms with Crippen molar-refractivity contribution in [2.24, 2.45) is 0 Å². The second-order valence-corrected chi connectivity index (χ2v) is 16.3. The Morgan fingerprint density at radius 3 is 1.52 bits per heavy atom. The largest absolute Gasteiger partial charge is 0.247 e. The summed E-state index contributed by atoms with van der Waals surface area (Å²) in [6, 6.07) is 84.5. The number of hydrogen-bond donors (Lipinski definition) is 0. The summed E-state index contributed by atoms with van der Waals surface area (Å²) in [6.07, 6.45) is 0. The maximum Gasteiger partial charge on any atom is 0.160 e. The molecule has 0 fully saturated rings. The van der Waals surface area contributed by atoms with Gasteiger partial charge in [0, 0.05) is 33.0 Å². The van der Waals surface area contributed by atoms with Crippen LogP contribution in [0.2, 0.25) is 0 Å². The fourth-order valence-electron chi connectivity index (χ4n) is 9.94. The molecule has 0 aliphatic heterocycles. The standard InChI is InChI=1S/C60H39N3/c1-5-18-41(19-6-1)54-39-55(42-20-7-2-8-21-42)63-59(62-54)43-34-32-40(33-35-43)44-22-17-23-45(38-44)58-57-49(48-28-14-16-31-53(48)61-58)36-37-52-56(57)50-29-13-15-30-51(50)60(52,46-24-9-3-10-25-46)47-26-11-4-12-27-47/h1-39H. The molecule has 0 unspecified atom stereocenters. The van der Waals surface area contributed by atoms with Gasteiger partial charge in [0.05, 0.1) is 28.0 Å². The Balaban J connectivity index is 1.03. The Morgan fingerprint density at radius 2 is 0.857 bits per heavy atom. The highest BCUT2D eigenvalue weighted by molar-refractivity contribution is 6.18. The predicted molar refractivity (Wildman–Crippen MR) is 259 cm³/mol. The minimum Gasteiger partial charge on any atom is -0.247 e. The molecule has 0 N–H and O–H groups in total. The van der Waals surface area contributed by atoms with E-state index in [2.05, 4.69) is 200 Å². The number of nitrogens with zero attached hydrogens (tertiary/aromatic N) is 3. The lowest BCUT2D eigenvalue weighted by Gasteiger charge is -2.34. The molecule has 1 aliphatic carbocycles. The van der Waals surface area contributed by atoms with Gasteiger partial charge in [-0.05, 0) is 68.1 Å². The Hall–Kier alpha value is -8.27. The molecule has 0 saturated carbocycles. The molecule has 9 aromatic carbocycles. The second kappa shape index (κ2) is 15.0. The van der Waals surface area contributed by atoms with Gasteiger partial charge in [-0.2, -0.15) is 0 Å². The summed E-state index contributed by atoms with van der Waals surface area (Å²) in [5.74, 6) is 0.693. The molecule has 3 heteroatoms. The molecule has 0 atom stereocenters. The maximum atomic E-state index is 5.56. The summed E-state index contributed by atoms with van der Waals surface area (Å²) >= 11 is 0. The monoisotopic (exact) mass is 801 g/mol. The van der Waals surface area contributed by atoms with Crippen molar-refractivity contribution >= 4 is 21.7 Å². The number of fused-ring (bicyclic) bond motifs is 7. The molecule has 0 spiro atoms. The number of aromatic nitrogens is 3. The van der Waals surface area contributed by atoms with Gasteiger partial charge in [0.1, 0.15) is 0 Å². The van der Waals surface area contributed by atoms with E-state index in [1.807, 2.05) is 36.4 Å². The third-order valence-electron chi connectivity index (χ3n) is 12.8. The van der Waals surface area contributed by atoms with Crippen LogP contribution in [-0.4, -0.2) is 15.0 Å². The van der Waals surface area contributed by atoms with Crippen molar-refractivity contribution in [2.45, 2.75) is 5.41 Å². The highest BCUT2D eigenvalue weighted by Crippen LogP contribution is 2.59. The van der Waals surface area contributed by atoms with E-state index in [1.54, 1.807) is 0 Å². The van der Waals surface area contributed by atoms with Crippen LogP contribution in [0.5, 0.6) is 0 Å². The molecule has 0 saturated heterocycles. The SMILES string of the molecule is c1ccc(-c2cc(-c3ccccc3)nc(-c3ccc(-c4cccc(-c5nc6ccccc6c6ccc7c(c56)-c5ccccc5C7(c5ccccc5)c5ccccc5)c4)cc3)n2)cc1. The quantitative estimate of drug-likeness (QED) is 0.151. The van der Waals surface area contributed by atoms with Crippen molar-refractivity contribution in [1.82, 2.24) is 15.0 Å². The summed E-state index contributed by atoms with van der Waals surface area (Å²) in [4.78, 5) is 15.7. The molecule has 0 bridgehead atoms. The molecule has 1 aliphatic rings. The lowest BCUT2D eigenvalue weighted by Crippen LogP contribution is -2.28. The molecular formula is C60H39N3. The number of hydrogen-bond acceptors (Lipinski definition) is 3. The van der Waals surface area contributed by atoms with Gasteiger partial charge in [0.15, 0.2) is 5.82 Å². The minimum atomic E-state index is -0.513. The Morgan fingerprint density at radius 1 is 0.317 bits per heavy atom. The fraction of sp³-hybridized carbons (Fsp3) is 0.0167. The molecule has 2 aromatic heterocycles. The van der Waals surface area contributed by atoms with E-state index in [4.69, 9.17) is 15.0 Å². The van der Waals surface area contributed by atoms with Crippen LogP contribution in [0, 0.1) is 0 Å². The first kappa shape index (κ1) is 36.6. The topological polar surface area (TPSA) is 38.7 Å². The third kappa shape index (κ3) is 6.01. The molecule has 11 aromatic rings. The van der Waals surface area contributed by atoms with Crippen LogP contribution in [0.4, 0.5) is 0 Å². The lowest BCUT2D eigenvalue weighted by atomic mass is 9.67. The van der Waals surface area contributed by atoms with Gasteiger partial charge in [-0.1, -0.05) is 218 Å². The predicted octanol–water partition coefficient (Wildman–Crippen LogP) is 14.9. The van der Waals surface area contributed by atoms with Crippen molar-refractivity contribution in [3.05, 3.63) is 259 Å². The van der Waals surface area contributed by atoms with Gasteiger partial charge in [-0.3, -0.25) is 0 Å². The van der Waals surface area contributed by atoms with E-state index in [-0.39, 0.29) is 0 Å². The van der Waals surface area contributed by atoms with Gasteiger partial charge in [0.25, 0.3) is 0 Å². The maximum absolute atomic E-state index is 5.56. The Kier molecular flexibility index (Phi) is 8.72. The van der Waals surface area contributed by atoms with Gasteiger partial charge >= 0.3 is 0 Å². The molecule has 12 rings (SSSR count). The lowest BCUT2D eigenvalue weighted by molar-refractivity contribution is 0.769. The highest BCUT2D eigenvalue weighted by Gasteiger charge is 2.47. The average Bonchev–Trinajstić information content (AvgIpc) is 3.68. The first-order valence-electron chi connectivity index (χ1n) is 21.5. The molecule has 3 nitrogen and oxygen atoms in total. The molecular weight excluding hydrogens is 763 g/mol. The molecule has 0 amide bonds. The first-order chi connectivity index (χ1) is 31.2. The molecule has 63 heavy (non-hydrogen) atoms. The van der Waals surface area contributed by atoms with E-state index in [9.17, 15) is 0 Å². The van der Waals surface area contributed by atoms with Gasteiger partial charge in [0.2, 0.25) is 0 Å². The summed E-state index contributed by atoms with van der Waals surface area (Å²) < 4.78 is 0. The Labute approximate surface area is 366 Å². The minimum absolute atomic E-state index is 0.513. The number of rotatable bonds is 7. The van der Waals surface area contributed by atoms with Gasteiger partial charge < -0.3 is 0 Å². The summed E-state index contributed by atoms with van der Waals surface area (Å²) in [6.45, 7) is 0. The van der Waals surface area contributed by atoms with Crippen molar-refractivity contribution in [3.8, 4) is 67.4 Å². The summed E-state index contributed by atoms with van der Waals surface area (Å²) in [5, 5.41) is 3.52. The second-order valence-electron chi connectivity index (χ2n) is 16.3. The number of pyridine rings is 1. The zero-order valence-electron chi connectivity index (χ0n) is 34.4. The zero-order chi connectivity index (χ0) is 41.7. The molecule has 2 heterocycles. The van der Waals surface area contributed by atoms with E-state index >= 15 is 0 Å². The molecule has 0 radical (unpaired) electrons. The van der Waals surface area contributed by atoms with Crippen molar-refractivity contribution < 1.29 is 0 Å². The van der Waals surface area contributed by atoms with E-state index in [1.165, 1.54) is 44.2 Å².